The van der Waals surface area contributed by atoms with Gasteiger partial charge in [-0.2, -0.15) is 18.2 Å². The Morgan fingerprint density at radius 3 is 2.50 bits per heavy atom. The highest BCUT2D eigenvalue weighted by atomic mass is 19.4. The van der Waals surface area contributed by atoms with Crippen LogP contribution in [0, 0.1) is 0 Å². The molecule has 1 amide bonds. The molecule has 1 aliphatic rings. The average molecular weight is 404 g/mol. The van der Waals surface area contributed by atoms with Gasteiger partial charge in [-0.15, -0.1) is 0 Å². The van der Waals surface area contributed by atoms with Gasteiger partial charge in [0.2, 0.25) is 11.7 Å². The highest BCUT2D eigenvalue weighted by Gasteiger charge is 2.38. The second-order valence-electron chi connectivity index (χ2n) is 5.89. The number of likely N-dealkylation sites (tertiary alicyclic amines) is 1. The summed E-state index contributed by atoms with van der Waals surface area (Å²) in [4.78, 5) is 21.3. The van der Waals surface area contributed by atoms with E-state index in [1.807, 2.05) is 0 Å². The third-order valence-electron chi connectivity index (χ3n) is 3.73. The van der Waals surface area contributed by atoms with Crippen LogP contribution in [0.5, 0.6) is 0 Å². The minimum Gasteiger partial charge on any atom is -0.390 e. The molecule has 1 saturated heterocycles. The maximum atomic E-state index is 12.5. The lowest BCUT2D eigenvalue weighted by molar-refractivity contribution is -0.159. The quantitative estimate of drug-likeness (QED) is 0.546. The van der Waals surface area contributed by atoms with Crippen molar-refractivity contribution in [1.82, 2.24) is 15.0 Å². The van der Waals surface area contributed by atoms with Crippen molar-refractivity contribution in [2.24, 2.45) is 5.16 Å². The lowest BCUT2D eigenvalue weighted by Gasteiger charge is -2.32. The van der Waals surface area contributed by atoms with Gasteiger partial charge in [-0.1, -0.05) is 34.6 Å². The number of alkyl halides is 5. The van der Waals surface area contributed by atoms with Crippen molar-refractivity contribution in [3.8, 4) is 11.4 Å². The number of aromatic nitrogens is 2. The minimum atomic E-state index is -4.72. The summed E-state index contributed by atoms with van der Waals surface area (Å²) in [5.41, 5.74) is 1.43. The number of carbonyl (C=O) groups is 1. The summed E-state index contributed by atoms with van der Waals surface area (Å²) in [6.45, 7) is -0.402. The van der Waals surface area contributed by atoms with E-state index in [1.165, 1.54) is 17.0 Å². The molecule has 1 aromatic heterocycles. The fraction of sp³-hybridized carbons (Fsp3) is 0.375. The van der Waals surface area contributed by atoms with Gasteiger partial charge in [0.05, 0.1) is 25.2 Å². The van der Waals surface area contributed by atoms with Crippen LogP contribution >= 0.6 is 0 Å². The zero-order chi connectivity index (χ0) is 20.3. The van der Waals surface area contributed by atoms with Crippen molar-refractivity contribution < 1.29 is 36.1 Å². The molecule has 150 valence electrons. The van der Waals surface area contributed by atoms with Crippen LogP contribution in [0.25, 0.3) is 11.4 Å². The third kappa shape index (κ3) is 4.81. The van der Waals surface area contributed by atoms with Gasteiger partial charge >= 0.3 is 12.1 Å². The van der Waals surface area contributed by atoms with Crippen LogP contribution in [0.2, 0.25) is 0 Å². The summed E-state index contributed by atoms with van der Waals surface area (Å²) >= 11 is 0. The maximum absolute atomic E-state index is 12.5. The number of hydrogen-bond acceptors (Lipinski definition) is 6. The molecule has 0 atom stereocenters. The second kappa shape index (κ2) is 7.90. The molecular formula is C16H13F5N4O3. The van der Waals surface area contributed by atoms with E-state index in [0.29, 0.717) is 16.8 Å². The molecule has 28 heavy (non-hydrogen) atoms. The maximum Gasteiger partial charge on any atom is 0.471 e. The van der Waals surface area contributed by atoms with E-state index in [9.17, 15) is 26.7 Å². The van der Waals surface area contributed by atoms with Crippen molar-refractivity contribution in [3.63, 3.8) is 0 Å². The van der Waals surface area contributed by atoms with Crippen LogP contribution in [0.3, 0.4) is 0 Å². The molecule has 2 heterocycles. The van der Waals surface area contributed by atoms with Gasteiger partial charge in [-0.3, -0.25) is 4.79 Å². The third-order valence-corrected chi connectivity index (χ3v) is 3.73. The first-order valence-corrected chi connectivity index (χ1v) is 7.96. The number of halogens is 5. The topological polar surface area (TPSA) is 80.8 Å². The van der Waals surface area contributed by atoms with Gasteiger partial charge in [0.25, 0.3) is 6.43 Å². The monoisotopic (exact) mass is 404 g/mol. The van der Waals surface area contributed by atoms with E-state index in [-0.39, 0.29) is 31.2 Å². The van der Waals surface area contributed by atoms with E-state index in [1.54, 1.807) is 12.1 Å². The number of hydrogen-bond donors (Lipinski definition) is 0. The Kier molecular flexibility index (Phi) is 5.56. The van der Waals surface area contributed by atoms with E-state index in [4.69, 9.17) is 0 Å². The average Bonchev–Trinajstić information content (AvgIpc) is 3.07. The van der Waals surface area contributed by atoms with E-state index < -0.39 is 25.1 Å². The highest BCUT2D eigenvalue weighted by Crippen LogP contribution is 2.29. The van der Waals surface area contributed by atoms with Crippen molar-refractivity contribution in [1.29, 1.82) is 0 Å². The molecule has 0 N–H and O–H groups in total. The van der Waals surface area contributed by atoms with Crippen LogP contribution in [-0.2, 0) is 22.2 Å². The molecular weight excluding hydrogens is 391 g/mol. The van der Waals surface area contributed by atoms with E-state index in [0.717, 1.165) is 0 Å². The lowest BCUT2D eigenvalue weighted by atomic mass is 10.1. The minimum absolute atomic E-state index is 0.0610. The largest absolute Gasteiger partial charge is 0.471 e. The molecule has 12 heteroatoms. The zero-order valence-corrected chi connectivity index (χ0v) is 14.1. The first-order chi connectivity index (χ1) is 13.2. The summed E-state index contributed by atoms with van der Waals surface area (Å²) in [6.07, 6.45) is -7.27. The van der Waals surface area contributed by atoms with Gasteiger partial charge in [0, 0.05) is 5.56 Å². The smallest absolute Gasteiger partial charge is 0.390 e. The second-order valence-corrected chi connectivity index (χ2v) is 5.89. The first-order valence-electron chi connectivity index (χ1n) is 7.96. The van der Waals surface area contributed by atoms with Crippen molar-refractivity contribution in [2.75, 3.05) is 19.7 Å². The fourth-order valence-electron chi connectivity index (χ4n) is 2.33. The van der Waals surface area contributed by atoms with Crippen molar-refractivity contribution in [2.45, 2.75) is 19.0 Å². The highest BCUT2D eigenvalue weighted by molar-refractivity contribution is 5.99. The van der Waals surface area contributed by atoms with Crippen LogP contribution in [0.15, 0.2) is 33.9 Å². The Balaban J connectivity index is 1.52. The van der Waals surface area contributed by atoms with Crippen LogP contribution in [0.1, 0.15) is 11.5 Å². The number of rotatable bonds is 6. The molecule has 3 rings (SSSR count). The van der Waals surface area contributed by atoms with Gasteiger partial charge in [-0.25, -0.2) is 8.78 Å². The molecule has 0 aliphatic carbocycles. The Morgan fingerprint density at radius 1 is 1.25 bits per heavy atom. The number of benzene rings is 1. The van der Waals surface area contributed by atoms with Crippen LogP contribution in [-0.4, -0.2) is 52.8 Å². The first kappa shape index (κ1) is 19.7. The van der Waals surface area contributed by atoms with E-state index >= 15 is 0 Å². The van der Waals surface area contributed by atoms with Crippen LogP contribution < -0.4 is 0 Å². The molecule has 1 aromatic carbocycles. The number of amides is 1. The van der Waals surface area contributed by atoms with Gasteiger partial charge in [0.1, 0.15) is 0 Å². The Bertz CT molecular complexity index is 856. The molecule has 1 aliphatic heterocycles. The summed E-state index contributed by atoms with van der Waals surface area (Å²) in [6, 6.07) is 6.10. The zero-order valence-electron chi connectivity index (χ0n) is 14.1. The Morgan fingerprint density at radius 2 is 1.93 bits per heavy atom. The summed E-state index contributed by atoms with van der Waals surface area (Å²) in [7, 11) is 0. The van der Waals surface area contributed by atoms with Gasteiger partial charge in [0.15, 0.2) is 6.61 Å². The lowest BCUT2D eigenvalue weighted by Crippen LogP contribution is -2.51. The summed E-state index contributed by atoms with van der Waals surface area (Å²) < 4.78 is 65.5. The number of nitrogens with zero attached hydrogens (tertiary/aromatic N) is 4. The van der Waals surface area contributed by atoms with Crippen LogP contribution in [0.4, 0.5) is 22.0 Å². The molecule has 7 nitrogen and oxygen atoms in total. The van der Waals surface area contributed by atoms with E-state index in [2.05, 4.69) is 24.7 Å². The Hall–Kier alpha value is -3.05. The summed E-state index contributed by atoms with van der Waals surface area (Å²) in [5, 5.41) is 6.80. The standard InChI is InChI=1S/C16H13F5N4O3/c17-12(18)8-27-23-11-6-25(7-11)13(26)5-9-1-3-10(4-2-9)14-22-15(28-24-14)16(19,20)21/h1-4,12H,5-8H2. The Labute approximate surface area is 154 Å². The fourth-order valence-corrected chi connectivity index (χ4v) is 2.33. The van der Waals surface area contributed by atoms with Crippen molar-refractivity contribution in [3.05, 3.63) is 35.7 Å². The van der Waals surface area contributed by atoms with Gasteiger partial charge in [-0.05, 0) is 5.56 Å². The SMILES string of the molecule is O=C(Cc1ccc(-c2noc(C(F)(F)F)n2)cc1)N1CC(=NOCC(F)F)C1. The molecule has 0 saturated carbocycles. The summed E-state index contributed by atoms with van der Waals surface area (Å²) in [5.74, 6) is -1.85. The molecule has 0 bridgehead atoms. The molecule has 0 unspecified atom stereocenters. The molecule has 0 radical (unpaired) electrons. The molecule has 0 spiro atoms. The van der Waals surface area contributed by atoms with Crippen molar-refractivity contribution >= 4 is 11.6 Å². The predicted octanol–water partition coefficient (Wildman–Crippen LogP) is 2.78. The number of carbonyl (C=O) groups excluding carboxylic acids is 1. The predicted molar refractivity (Wildman–Crippen MR) is 84.4 cm³/mol. The number of oxime groups is 1. The molecule has 2 aromatic rings. The normalized spacial score (nSPS) is 14.2. The molecule has 1 fully saturated rings. The van der Waals surface area contributed by atoms with Gasteiger partial charge < -0.3 is 14.3 Å².